The van der Waals surface area contributed by atoms with E-state index >= 15 is 0 Å². The molecule has 21 heavy (non-hydrogen) atoms. The van der Waals surface area contributed by atoms with Gasteiger partial charge in [0.15, 0.2) is 0 Å². The van der Waals surface area contributed by atoms with Crippen molar-refractivity contribution in [3.8, 4) is 0 Å². The number of nitrogens with zero attached hydrogens (tertiary/aromatic N) is 3. The van der Waals surface area contributed by atoms with Crippen LogP contribution in [0.5, 0.6) is 0 Å². The van der Waals surface area contributed by atoms with E-state index in [0.29, 0.717) is 18.4 Å². The third-order valence-corrected chi connectivity index (χ3v) is 5.05. The second-order valence-corrected chi connectivity index (χ2v) is 6.79. The molecule has 0 aliphatic carbocycles. The van der Waals surface area contributed by atoms with Gasteiger partial charge in [0.25, 0.3) is 0 Å². The summed E-state index contributed by atoms with van der Waals surface area (Å²) < 4.78 is 2.26. The quantitative estimate of drug-likeness (QED) is 0.919. The molecule has 1 aromatic rings. The van der Waals surface area contributed by atoms with Crippen LogP contribution in [0.15, 0.2) is 6.20 Å². The fraction of sp³-hybridized carbons (Fsp3) is 0.750. The number of aliphatic carboxylic acids is 1. The van der Waals surface area contributed by atoms with Crippen LogP contribution < -0.4 is 0 Å². The number of likely N-dealkylation sites (tertiary alicyclic amines) is 1. The van der Waals surface area contributed by atoms with Crippen LogP contribution in [0.25, 0.3) is 0 Å². The summed E-state index contributed by atoms with van der Waals surface area (Å²) in [4.78, 5) is 18.2. The first-order valence-corrected chi connectivity index (χ1v) is 8.04. The molecule has 0 radical (unpaired) electrons. The molecular formula is C16H25N3O2. The smallest absolute Gasteiger partial charge is 0.306 e. The molecule has 5 heteroatoms. The van der Waals surface area contributed by atoms with Gasteiger partial charge in [0, 0.05) is 43.9 Å². The van der Waals surface area contributed by atoms with Crippen LogP contribution in [0.1, 0.15) is 38.2 Å². The van der Waals surface area contributed by atoms with Gasteiger partial charge in [-0.25, -0.2) is 4.98 Å². The predicted octanol–water partition coefficient (Wildman–Crippen LogP) is 1.80. The zero-order valence-electron chi connectivity index (χ0n) is 13.0. The summed E-state index contributed by atoms with van der Waals surface area (Å²) in [5, 5.41) is 9.15. The maximum absolute atomic E-state index is 11.1. The SMILES string of the molecule is CC(C)N1CCC(Cc2ncc3n2CCC(C(=O)O)C3)C1. The van der Waals surface area contributed by atoms with E-state index in [2.05, 4.69) is 28.3 Å². The highest BCUT2D eigenvalue weighted by Gasteiger charge is 2.29. The van der Waals surface area contributed by atoms with Crippen molar-refractivity contribution in [2.75, 3.05) is 13.1 Å². The maximum Gasteiger partial charge on any atom is 0.306 e. The summed E-state index contributed by atoms with van der Waals surface area (Å²) in [5.41, 5.74) is 1.10. The molecule has 5 nitrogen and oxygen atoms in total. The first kappa shape index (κ1) is 14.6. The fourth-order valence-electron chi connectivity index (χ4n) is 3.66. The topological polar surface area (TPSA) is 58.4 Å². The first-order chi connectivity index (χ1) is 10.0. The molecule has 3 rings (SSSR count). The van der Waals surface area contributed by atoms with Gasteiger partial charge < -0.3 is 14.6 Å². The molecule has 0 saturated carbocycles. The number of fused-ring (bicyclic) bond motifs is 1. The fourth-order valence-corrected chi connectivity index (χ4v) is 3.66. The van der Waals surface area contributed by atoms with Crippen LogP contribution >= 0.6 is 0 Å². The van der Waals surface area contributed by atoms with Gasteiger partial charge in [-0.05, 0) is 39.2 Å². The average molecular weight is 291 g/mol. The van der Waals surface area contributed by atoms with Crippen molar-refractivity contribution in [1.82, 2.24) is 14.5 Å². The second kappa shape index (κ2) is 5.79. The highest BCUT2D eigenvalue weighted by molar-refractivity contribution is 5.70. The number of hydrogen-bond acceptors (Lipinski definition) is 3. The molecule has 2 unspecified atom stereocenters. The Morgan fingerprint density at radius 2 is 2.24 bits per heavy atom. The van der Waals surface area contributed by atoms with Crippen LogP contribution in [0, 0.1) is 11.8 Å². The third-order valence-electron chi connectivity index (χ3n) is 5.05. The van der Waals surface area contributed by atoms with E-state index < -0.39 is 5.97 Å². The van der Waals surface area contributed by atoms with Crippen LogP contribution in [-0.4, -0.2) is 44.7 Å². The molecule has 1 N–H and O–H groups in total. The molecule has 0 aromatic carbocycles. The normalized spacial score (nSPS) is 26.2. The van der Waals surface area contributed by atoms with Crippen molar-refractivity contribution < 1.29 is 9.90 Å². The molecule has 2 aliphatic rings. The highest BCUT2D eigenvalue weighted by Crippen LogP contribution is 2.26. The molecule has 3 heterocycles. The summed E-state index contributed by atoms with van der Waals surface area (Å²) in [6, 6.07) is 0.625. The zero-order chi connectivity index (χ0) is 15.0. The zero-order valence-corrected chi connectivity index (χ0v) is 13.0. The van der Waals surface area contributed by atoms with Crippen molar-refractivity contribution in [3.63, 3.8) is 0 Å². The summed E-state index contributed by atoms with van der Waals surface area (Å²) in [6.07, 6.45) is 5.53. The lowest BCUT2D eigenvalue weighted by Crippen LogP contribution is -2.29. The lowest BCUT2D eigenvalue weighted by Gasteiger charge is -2.23. The standard InChI is InChI=1S/C16H25N3O2/c1-11(2)18-5-3-12(10-18)7-15-17-9-14-8-13(16(20)21)4-6-19(14)15/h9,11-13H,3-8,10H2,1-2H3,(H,20,21). The molecule has 2 aliphatic heterocycles. The Morgan fingerprint density at radius 3 is 2.90 bits per heavy atom. The minimum absolute atomic E-state index is 0.232. The second-order valence-electron chi connectivity index (χ2n) is 6.79. The molecular weight excluding hydrogens is 266 g/mol. The van der Waals surface area contributed by atoms with E-state index in [1.54, 1.807) is 0 Å². The molecule has 1 saturated heterocycles. The number of imidazole rings is 1. The van der Waals surface area contributed by atoms with E-state index in [9.17, 15) is 4.79 Å². The molecule has 1 aromatic heterocycles. The van der Waals surface area contributed by atoms with Crippen LogP contribution in [-0.2, 0) is 24.2 Å². The van der Waals surface area contributed by atoms with Crippen molar-refractivity contribution in [2.24, 2.45) is 11.8 Å². The van der Waals surface area contributed by atoms with Crippen LogP contribution in [0.2, 0.25) is 0 Å². The molecule has 1 fully saturated rings. The van der Waals surface area contributed by atoms with Crippen molar-refractivity contribution in [2.45, 2.75) is 52.1 Å². The van der Waals surface area contributed by atoms with Gasteiger partial charge in [-0.2, -0.15) is 0 Å². The average Bonchev–Trinajstić information content (AvgIpc) is 3.06. The highest BCUT2D eigenvalue weighted by atomic mass is 16.4. The number of rotatable bonds is 4. The van der Waals surface area contributed by atoms with E-state index in [1.807, 2.05) is 6.20 Å². The van der Waals surface area contributed by atoms with Crippen LogP contribution in [0.3, 0.4) is 0 Å². The van der Waals surface area contributed by atoms with E-state index in [4.69, 9.17) is 5.11 Å². The van der Waals surface area contributed by atoms with Gasteiger partial charge in [-0.3, -0.25) is 4.79 Å². The Morgan fingerprint density at radius 1 is 1.43 bits per heavy atom. The first-order valence-electron chi connectivity index (χ1n) is 8.04. The monoisotopic (exact) mass is 291 g/mol. The number of carboxylic acids is 1. The lowest BCUT2D eigenvalue weighted by molar-refractivity contribution is -0.142. The molecule has 116 valence electrons. The Balaban J connectivity index is 1.65. The van der Waals surface area contributed by atoms with Crippen molar-refractivity contribution in [3.05, 3.63) is 17.7 Å². The predicted molar refractivity (Wildman–Crippen MR) is 80.2 cm³/mol. The van der Waals surface area contributed by atoms with E-state index in [0.717, 1.165) is 37.4 Å². The van der Waals surface area contributed by atoms with Crippen molar-refractivity contribution >= 4 is 5.97 Å². The largest absolute Gasteiger partial charge is 0.481 e. The molecule has 0 amide bonds. The minimum atomic E-state index is -0.674. The Kier molecular flexibility index (Phi) is 4.02. The lowest BCUT2D eigenvalue weighted by atomic mass is 9.96. The maximum atomic E-state index is 11.1. The van der Waals surface area contributed by atoms with Crippen LogP contribution in [0.4, 0.5) is 0 Å². The Bertz CT molecular complexity index is 524. The van der Waals surface area contributed by atoms with E-state index in [-0.39, 0.29) is 5.92 Å². The number of hydrogen-bond donors (Lipinski definition) is 1. The summed E-state index contributed by atoms with van der Waals surface area (Å²) in [7, 11) is 0. The Hall–Kier alpha value is -1.36. The molecule has 0 spiro atoms. The van der Waals surface area contributed by atoms with Gasteiger partial charge >= 0.3 is 5.97 Å². The van der Waals surface area contributed by atoms with Gasteiger partial charge in [0.05, 0.1) is 5.92 Å². The van der Waals surface area contributed by atoms with Gasteiger partial charge in [-0.1, -0.05) is 0 Å². The van der Waals surface area contributed by atoms with E-state index in [1.165, 1.54) is 13.0 Å². The summed E-state index contributed by atoms with van der Waals surface area (Å²) >= 11 is 0. The Labute approximate surface area is 126 Å². The van der Waals surface area contributed by atoms with Gasteiger partial charge in [-0.15, -0.1) is 0 Å². The number of aromatic nitrogens is 2. The third kappa shape index (κ3) is 2.98. The van der Waals surface area contributed by atoms with Gasteiger partial charge in [0.2, 0.25) is 0 Å². The molecule has 2 atom stereocenters. The number of carbonyl (C=O) groups is 1. The van der Waals surface area contributed by atoms with Gasteiger partial charge in [0.1, 0.15) is 5.82 Å². The minimum Gasteiger partial charge on any atom is -0.481 e. The number of carboxylic acid groups (broad SMARTS) is 1. The summed E-state index contributed by atoms with van der Waals surface area (Å²) in [5.74, 6) is 0.942. The summed E-state index contributed by atoms with van der Waals surface area (Å²) in [6.45, 7) is 7.68. The molecule has 0 bridgehead atoms. The van der Waals surface area contributed by atoms with Crippen molar-refractivity contribution in [1.29, 1.82) is 0 Å².